The number of hydrogen-bond acceptors (Lipinski definition) is 2. The maximum absolute atomic E-state index is 12.0. The summed E-state index contributed by atoms with van der Waals surface area (Å²) in [6.07, 6.45) is -1.72. The summed E-state index contributed by atoms with van der Waals surface area (Å²) in [6.45, 7) is 2.10. The molecule has 1 aromatic carbocycles. The molecule has 0 aliphatic heterocycles. The van der Waals surface area contributed by atoms with Gasteiger partial charge < -0.3 is 10.1 Å². The zero-order valence-electron chi connectivity index (χ0n) is 10.6. The summed E-state index contributed by atoms with van der Waals surface area (Å²) in [6, 6.07) is 6.38. The fraction of sp³-hybridized carbons (Fsp3) is 0.538. The second kappa shape index (κ2) is 6.64. The molecule has 1 aromatic rings. The quantitative estimate of drug-likeness (QED) is 0.846. The van der Waals surface area contributed by atoms with Crippen LogP contribution in [0, 0.1) is 0 Å². The molecule has 5 heteroatoms. The van der Waals surface area contributed by atoms with Crippen molar-refractivity contribution in [3.05, 3.63) is 29.8 Å². The number of halogens is 3. The van der Waals surface area contributed by atoms with Crippen LogP contribution in [0.15, 0.2) is 24.3 Å². The van der Waals surface area contributed by atoms with Crippen molar-refractivity contribution in [1.82, 2.24) is 5.32 Å². The number of nitrogens with one attached hydrogen (secondary N) is 1. The fourth-order valence-electron chi connectivity index (χ4n) is 1.81. The van der Waals surface area contributed by atoms with Crippen LogP contribution >= 0.6 is 0 Å². The Morgan fingerprint density at radius 3 is 2.28 bits per heavy atom. The molecule has 0 heterocycles. The minimum Gasteiger partial charge on any atom is -0.406 e. The van der Waals surface area contributed by atoms with Gasteiger partial charge in [-0.2, -0.15) is 0 Å². The van der Waals surface area contributed by atoms with E-state index in [4.69, 9.17) is 0 Å². The summed E-state index contributed by atoms with van der Waals surface area (Å²) in [5.74, 6) is -0.178. The molecule has 2 nitrogen and oxygen atoms in total. The minimum atomic E-state index is -4.63. The summed E-state index contributed by atoms with van der Waals surface area (Å²) in [5.41, 5.74) is 0.998. The largest absolute Gasteiger partial charge is 0.573 e. The molecule has 0 aliphatic rings. The number of ether oxygens (including phenoxy) is 1. The maximum atomic E-state index is 12.0. The van der Waals surface area contributed by atoms with Crippen LogP contribution < -0.4 is 10.1 Å². The highest BCUT2D eigenvalue weighted by Crippen LogP contribution is 2.23. The molecule has 0 bridgehead atoms. The van der Waals surface area contributed by atoms with E-state index in [1.165, 1.54) is 12.1 Å². The molecule has 0 saturated carbocycles. The highest BCUT2D eigenvalue weighted by molar-refractivity contribution is 5.27. The van der Waals surface area contributed by atoms with Gasteiger partial charge >= 0.3 is 6.36 Å². The molecule has 1 N–H and O–H groups in total. The summed E-state index contributed by atoms with van der Waals surface area (Å²) in [7, 11) is 1.89. The molecule has 0 spiro atoms. The Balaban J connectivity index is 2.59. The number of benzene rings is 1. The number of likely N-dealkylation sites (N-methyl/N-ethyl adjacent to an activating group) is 1. The Labute approximate surface area is 105 Å². The Morgan fingerprint density at radius 2 is 1.83 bits per heavy atom. The first kappa shape index (κ1) is 14.8. The van der Waals surface area contributed by atoms with E-state index in [2.05, 4.69) is 17.0 Å². The average Bonchev–Trinajstić information content (AvgIpc) is 2.29. The fourth-order valence-corrected chi connectivity index (χ4v) is 1.81. The second-order valence-electron chi connectivity index (χ2n) is 4.17. The van der Waals surface area contributed by atoms with Crippen LogP contribution in [0.1, 0.15) is 25.3 Å². The van der Waals surface area contributed by atoms with Crippen LogP contribution in [0.3, 0.4) is 0 Å². The molecule has 0 amide bonds. The van der Waals surface area contributed by atoms with Gasteiger partial charge in [0.15, 0.2) is 0 Å². The molecule has 102 valence electrons. The van der Waals surface area contributed by atoms with Gasteiger partial charge in [0.1, 0.15) is 5.75 Å². The monoisotopic (exact) mass is 261 g/mol. The van der Waals surface area contributed by atoms with E-state index in [0.29, 0.717) is 6.04 Å². The normalized spacial score (nSPS) is 13.4. The van der Waals surface area contributed by atoms with Crippen LogP contribution in [-0.4, -0.2) is 19.5 Å². The Kier molecular flexibility index (Phi) is 5.47. The first-order valence-corrected chi connectivity index (χ1v) is 5.96. The predicted molar refractivity (Wildman–Crippen MR) is 64.6 cm³/mol. The predicted octanol–water partition coefficient (Wildman–Crippen LogP) is 3.52. The van der Waals surface area contributed by atoms with Gasteiger partial charge in [-0.15, -0.1) is 13.2 Å². The smallest absolute Gasteiger partial charge is 0.406 e. The number of rotatable bonds is 6. The van der Waals surface area contributed by atoms with E-state index in [9.17, 15) is 13.2 Å². The third-order valence-corrected chi connectivity index (χ3v) is 2.68. The Morgan fingerprint density at radius 1 is 1.22 bits per heavy atom. The molecule has 1 atom stereocenters. The highest BCUT2D eigenvalue weighted by atomic mass is 19.4. The van der Waals surface area contributed by atoms with E-state index in [0.717, 1.165) is 24.8 Å². The summed E-state index contributed by atoms with van der Waals surface area (Å²) >= 11 is 0. The average molecular weight is 261 g/mol. The van der Waals surface area contributed by atoms with Gasteiger partial charge in [-0.1, -0.05) is 25.5 Å². The second-order valence-corrected chi connectivity index (χ2v) is 4.17. The van der Waals surface area contributed by atoms with Gasteiger partial charge in [0, 0.05) is 6.04 Å². The highest BCUT2D eigenvalue weighted by Gasteiger charge is 2.30. The molecule has 0 saturated heterocycles. The van der Waals surface area contributed by atoms with Crippen molar-refractivity contribution >= 4 is 0 Å². The molecule has 0 aliphatic carbocycles. The molecule has 0 fully saturated rings. The Hall–Kier alpha value is -1.23. The molecule has 1 rings (SSSR count). The van der Waals surface area contributed by atoms with E-state index < -0.39 is 6.36 Å². The van der Waals surface area contributed by atoms with Gasteiger partial charge in [-0.25, -0.2) is 0 Å². The maximum Gasteiger partial charge on any atom is 0.573 e. The number of hydrogen-bond donors (Lipinski definition) is 1. The molecular weight excluding hydrogens is 243 g/mol. The van der Waals surface area contributed by atoms with Crippen molar-refractivity contribution in [2.45, 2.75) is 38.6 Å². The molecule has 1 unspecified atom stereocenters. The van der Waals surface area contributed by atoms with Gasteiger partial charge in [0.25, 0.3) is 0 Å². The van der Waals surface area contributed by atoms with Crippen molar-refractivity contribution in [1.29, 1.82) is 0 Å². The lowest BCUT2D eigenvalue weighted by molar-refractivity contribution is -0.274. The lowest BCUT2D eigenvalue weighted by Gasteiger charge is -2.15. The van der Waals surface area contributed by atoms with Crippen LogP contribution in [0.25, 0.3) is 0 Å². The van der Waals surface area contributed by atoms with E-state index in [1.54, 1.807) is 12.1 Å². The van der Waals surface area contributed by atoms with Crippen molar-refractivity contribution in [2.24, 2.45) is 0 Å². The third kappa shape index (κ3) is 5.40. The SMILES string of the molecule is CCCC(Cc1ccc(OC(F)(F)F)cc1)NC. The van der Waals surface area contributed by atoms with Gasteiger partial charge in [0.05, 0.1) is 0 Å². The van der Waals surface area contributed by atoms with Gasteiger partial charge in [-0.05, 0) is 37.6 Å². The topological polar surface area (TPSA) is 21.3 Å². The van der Waals surface area contributed by atoms with Gasteiger partial charge in [0.2, 0.25) is 0 Å². The van der Waals surface area contributed by atoms with Crippen LogP contribution in [0.4, 0.5) is 13.2 Å². The summed E-state index contributed by atoms with van der Waals surface area (Å²) in [4.78, 5) is 0. The standard InChI is InChI=1S/C13H18F3NO/c1-3-4-11(17-2)9-10-5-7-12(8-6-10)18-13(14,15)16/h5-8,11,17H,3-4,9H2,1-2H3. The molecular formula is C13H18F3NO. The zero-order valence-corrected chi connectivity index (χ0v) is 10.6. The van der Waals surface area contributed by atoms with Crippen molar-refractivity contribution in [3.63, 3.8) is 0 Å². The molecule has 18 heavy (non-hydrogen) atoms. The van der Waals surface area contributed by atoms with Crippen LogP contribution in [0.2, 0.25) is 0 Å². The first-order valence-electron chi connectivity index (χ1n) is 5.96. The molecule has 0 aromatic heterocycles. The summed E-state index contributed by atoms with van der Waals surface area (Å²) < 4.78 is 39.7. The summed E-state index contributed by atoms with van der Waals surface area (Å²) in [5, 5.41) is 3.19. The number of alkyl halides is 3. The van der Waals surface area contributed by atoms with Crippen molar-refractivity contribution in [3.8, 4) is 5.75 Å². The van der Waals surface area contributed by atoms with Crippen molar-refractivity contribution < 1.29 is 17.9 Å². The third-order valence-electron chi connectivity index (χ3n) is 2.68. The van der Waals surface area contributed by atoms with Crippen molar-refractivity contribution in [2.75, 3.05) is 7.05 Å². The van der Waals surface area contributed by atoms with Gasteiger partial charge in [-0.3, -0.25) is 0 Å². The van der Waals surface area contributed by atoms with E-state index >= 15 is 0 Å². The minimum absolute atomic E-state index is 0.178. The molecule has 0 radical (unpaired) electrons. The van der Waals surface area contributed by atoms with E-state index in [-0.39, 0.29) is 5.75 Å². The first-order chi connectivity index (χ1) is 8.44. The van der Waals surface area contributed by atoms with Crippen LogP contribution in [-0.2, 0) is 6.42 Å². The zero-order chi connectivity index (χ0) is 13.6. The van der Waals surface area contributed by atoms with E-state index in [1.807, 2.05) is 7.05 Å². The van der Waals surface area contributed by atoms with Crippen LogP contribution in [0.5, 0.6) is 5.75 Å². The lowest BCUT2D eigenvalue weighted by Crippen LogP contribution is -2.27. The lowest BCUT2D eigenvalue weighted by atomic mass is 10.0. The Bertz CT molecular complexity index is 348.